The summed E-state index contributed by atoms with van der Waals surface area (Å²) in [6.07, 6.45) is 0.336. The summed E-state index contributed by atoms with van der Waals surface area (Å²) in [4.78, 5) is 30.6. The highest BCUT2D eigenvalue weighted by Crippen LogP contribution is 2.39. The molecule has 2 fully saturated rings. The Labute approximate surface area is 242 Å². The van der Waals surface area contributed by atoms with Gasteiger partial charge in [-0.05, 0) is 75.7 Å². The normalized spacial score (nSPS) is 18.9. The van der Waals surface area contributed by atoms with Crippen LogP contribution in [0.4, 0.5) is 18.9 Å². The summed E-state index contributed by atoms with van der Waals surface area (Å²) in [5.41, 5.74) is 0.175. The molecular formula is C30H32F3N7O2. The smallest absolute Gasteiger partial charge is 0.433 e. The molecule has 220 valence electrons. The Bertz CT molecular complexity index is 1460. The van der Waals surface area contributed by atoms with Crippen LogP contribution in [0.5, 0.6) is 5.88 Å². The zero-order chi connectivity index (χ0) is 29.9. The van der Waals surface area contributed by atoms with E-state index in [1.807, 2.05) is 43.1 Å². The van der Waals surface area contributed by atoms with Gasteiger partial charge in [-0.2, -0.15) is 18.4 Å². The minimum atomic E-state index is -4.65. The number of hydrogen-bond acceptors (Lipinski definition) is 8. The van der Waals surface area contributed by atoms with Crippen LogP contribution in [-0.2, 0) is 16.4 Å². The van der Waals surface area contributed by atoms with Crippen LogP contribution in [0.15, 0.2) is 48.8 Å². The number of amides is 1. The summed E-state index contributed by atoms with van der Waals surface area (Å²) in [5.74, 6) is 0.379. The first kappa shape index (κ1) is 29.3. The molecule has 0 unspecified atom stereocenters. The van der Waals surface area contributed by atoms with E-state index in [0.717, 1.165) is 36.7 Å². The Morgan fingerprint density at radius 1 is 1.17 bits per heavy atom. The fraction of sp³-hybridized carbons (Fsp3) is 0.433. The summed E-state index contributed by atoms with van der Waals surface area (Å²) in [6.45, 7) is 4.69. The van der Waals surface area contributed by atoms with Gasteiger partial charge in [-0.15, -0.1) is 0 Å². The quantitative estimate of drug-likeness (QED) is 0.444. The first-order valence-corrected chi connectivity index (χ1v) is 13.9. The van der Waals surface area contributed by atoms with Crippen molar-refractivity contribution in [3.63, 3.8) is 0 Å². The molecule has 0 radical (unpaired) electrons. The molecule has 2 saturated heterocycles. The van der Waals surface area contributed by atoms with Crippen molar-refractivity contribution in [2.75, 3.05) is 44.7 Å². The molecular weight excluding hydrogens is 547 g/mol. The second kappa shape index (κ2) is 11.9. The number of alkyl halides is 3. The van der Waals surface area contributed by atoms with Crippen LogP contribution < -0.4 is 15.0 Å². The molecule has 9 nitrogen and oxygen atoms in total. The van der Waals surface area contributed by atoms with E-state index in [0.29, 0.717) is 49.8 Å². The molecule has 0 bridgehead atoms. The Morgan fingerprint density at radius 3 is 2.57 bits per heavy atom. The first-order valence-electron chi connectivity index (χ1n) is 13.9. The van der Waals surface area contributed by atoms with Gasteiger partial charge in [0.25, 0.3) is 0 Å². The number of ether oxygens (including phenoxy) is 1. The zero-order valence-corrected chi connectivity index (χ0v) is 23.5. The number of carbonyl (C=O) groups excluding carboxylic acids is 1. The minimum Gasteiger partial charge on any atom is -0.477 e. The van der Waals surface area contributed by atoms with E-state index in [1.165, 1.54) is 6.07 Å². The summed E-state index contributed by atoms with van der Waals surface area (Å²) < 4.78 is 45.2. The average molecular weight is 580 g/mol. The van der Waals surface area contributed by atoms with Gasteiger partial charge in [0.2, 0.25) is 11.8 Å². The summed E-state index contributed by atoms with van der Waals surface area (Å²) in [5, 5.41) is 12.8. The van der Waals surface area contributed by atoms with Crippen LogP contribution in [0.25, 0.3) is 11.3 Å². The molecule has 0 aliphatic carbocycles. The lowest BCUT2D eigenvalue weighted by molar-refractivity contribution is -0.141. The molecule has 1 atom stereocenters. The minimum absolute atomic E-state index is 0.0260. The molecule has 12 heteroatoms. The molecule has 2 aliphatic heterocycles. The van der Waals surface area contributed by atoms with Gasteiger partial charge in [-0.25, -0.2) is 9.97 Å². The number of hydrogen-bond donors (Lipinski definition) is 1. The number of piperidine rings is 1. The third-order valence-corrected chi connectivity index (χ3v) is 8.03. The van der Waals surface area contributed by atoms with Crippen molar-refractivity contribution in [1.82, 2.24) is 25.2 Å². The van der Waals surface area contributed by atoms with E-state index in [2.05, 4.69) is 20.2 Å². The van der Waals surface area contributed by atoms with Crippen LogP contribution in [0.3, 0.4) is 0 Å². The van der Waals surface area contributed by atoms with Gasteiger partial charge in [0.15, 0.2) is 5.69 Å². The molecule has 2 aliphatic rings. The van der Waals surface area contributed by atoms with Gasteiger partial charge in [0.1, 0.15) is 11.8 Å². The van der Waals surface area contributed by atoms with Crippen molar-refractivity contribution in [3.8, 4) is 23.2 Å². The van der Waals surface area contributed by atoms with Gasteiger partial charge in [0, 0.05) is 38.1 Å². The Balaban J connectivity index is 1.44. The maximum atomic E-state index is 14.0. The number of nitriles is 1. The molecule has 42 heavy (non-hydrogen) atoms. The maximum Gasteiger partial charge on any atom is 0.433 e. The molecule has 0 spiro atoms. The highest BCUT2D eigenvalue weighted by Gasteiger charge is 2.45. The Kier molecular flexibility index (Phi) is 8.31. The number of halogens is 3. The predicted molar refractivity (Wildman–Crippen MR) is 150 cm³/mol. The molecule has 0 saturated carbocycles. The first-order chi connectivity index (χ1) is 20.1. The molecule has 1 N–H and O–H groups in total. The van der Waals surface area contributed by atoms with Gasteiger partial charge in [-0.3, -0.25) is 9.78 Å². The van der Waals surface area contributed by atoms with Crippen LogP contribution >= 0.6 is 0 Å². The number of nitrogens with one attached hydrogen (secondary N) is 1. The van der Waals surface area contributed by atoms with Crippen LogP contribution in [0.1, 0.15) is 43.1 Å². The number of anilines is 1. The molecule has 1 amide bonds. The van der Waals surface area contributed by atoms with E-state index in [-0.39, 0.29) is 17.6 Å². The number of aromatic nitrogens is 3. The maximum absolute atomic E-state index is 14.0. The number of pyridine rings is 3. The SMILES string of the molecule is CCOc1ncccc1-c1ccc(C2(C(=O)N[C@@H]3CCN(C)C3)CCN(c3ccc(C(F)(F)F)nc3C#N)CC2)cn1. The summed E-state index contributed by atoms with van der Waals surface area (Å²) in [6, 6.07) is 11.5. The highest BCUT2D eigenvalue weighted by molar-refractivity contribution is 5.89. The summed E-state index contributed by atoms with van der Waals surface area (Å²) in [7, 11) is 2.02. The van der Waals surface area contributed by atoms with Crippen LogP contribution in [0, 0.1) is 11.3 Å². The monoisotopic (exact) mass is 579 g/mol. The zero-order valence-electron chi connectivity index (χ0n) is 23.5. The van der Waals surface area contributed by atoms with Crippen molar-refractivity contribution in [3.05, 3.63) is 65.7 Å². The van der Waals surface area contributed by atoms with Crippen molar-refractivity contribution in [2.24, 2.45) is 0 Å². The van der Waals surface area contributed by atoms with Gasteiger partial charge in [-0.1, -0.05) is 6.07 Å². The van der Waals surface area contributed by atoms with Gasteiger partial charge < -0.3 is 19.9 Å². The summed E-state index contributed by atoms with van der Waals surface area (Å²) >= 11 is 0. The van der Waals surface area contributed by atoms with E-state index >= 15 is 0 Å². The lowest BCUT2D eigenvalue weighted by Gasteiger charge is -2.42. The predicted octanol–water partition coefficient (Wildman–Crippen LogP) is 4.19. The lowest BCUT2D eigenvalue weighted by atomic mass is 9.72. The topological polar surface area (TPSA) is 107 Å². The van der Waals surface area contributed by atoms with Gasteiger partial charge in [0.05, 0.1) is 29.0 Å². The molecule has 5 rings (SSSR count). The van der Waals surface area contributed by atoms with Crippen LogP contribution in [-0.4, -0.2) is 71.6 Å². The van der Waals surface area contributed by atoms with Crippen molar-refractivity contribution >= 4 is 11.6 Å². The fourth-order valence-corrected chi connectivity index (χ4v) is 5.77. The molecule has 5 heterocycles. The van der Waals surface area contributed by atoms with Crippen molar-refractivity contribution in [1.29, 1.82) is 5.26 Å². The van der Waals surface area contributed by atoms with Crippen molar-refractivity contribution < 1.29 is 22.7 Å². The molecule has 3 aromatic rings. The van der Waals surface area contributed by atoms with E-state index < -0.39 is 17.3 Å². The van der Waals surface area contributed by atoms with Crippen molar-refractivity contribution in [2.45, 2.75) is 43.8 Å². The Morgan fingerprint density at radius 2 is 1.95 bits per heavy atom. The number of likely N-dealkylation sites (N-methyl/N-ethyl adjacent to an activating group) is 1. The average Bonchev–Trinajstić information content (AvgIpc) is 3.41. The third-order valence-electron chi connectivity index (χ3n) is 8.03. The lowest BCUT2D eigenvalue weighted by Crippen LogP contribution is -2.54. The third kappa shape index (κ3) is 5.87. The standard InChI is InChI=1S/C30H32F3N7O2/c1-3-42-27-22(5-4-13-35-27)23-7-6-20(18-36-23)29(28(41)37-21-10-14-39(2)19-21)11-15-40(16-12-29)25-8-9-26(30(31,32)33)38-24(25)17-34/h4-9,13,18,21H,3,10-12,14-16,19H2,1-2H3,(H,37,41)/t21-/m1/s1. The number of rotatable bonds is 7. The molecule has 0 aromatic carbocycles. The number of likely N-dealkylation sites (tertiary alicyclic amines) is 1. The highest BCUT2D eigenvalue weighted by atomic mass is 19.4. The van der Waals surface area contributed by atoms with Crippen LogP contribution in [0.2, 0.25) is 0 Å². The largest absolute Gasteiger partial charge is 0.477 e. The van der Waals surface area contributed by atoms with Gasteiger partial charge >= 0.3 is 6.18 Å². The fourth-order valence-electron chi connectivity index (χ4n) is 5.77. The second-order valence-electron chi connectivity index (χ2n) is 10.7. The second-order valence-corrected chi connectivity index (χ2v) is 10.7. The van der Waals surface area contributed by atoms with E-state index in [9.17, 15) is 23.2 Å². The Hall–Kier alpha value is -4.24. The van der Waals surface area contributed by atoms with E-state index in [1.54, 1.807) is 18.5 Å². The van der Waals surface area contributed by atoms with E-state index in [4.69, 9.17) is 9.72 Å². The molecule has 3 aromatic heterocycles. The number of carbonyl (C=O) groups is 1. The number of nitrogens with zero attached hydrogens (tertiary/aromatic N) is 6.